The summed E-state index contributed by atoms with van der Waals surface area (Å²) in [5, 5.41) is 1.05. The molecule has 0 N–H and O–H groups in total. The van der Waals surface area contributed by atoms with Gasteiger partial charge in [-0.25, -0.2) is 0 Å². The number of hydrogen-bond donors (Lipinski definition) is 0. The summed E-state index contributed by atoms with van der Waals surface area (Å²) in [6.07, 6.45) is 4.04. The second-order valence-electron chi connectivity index (χ2n) is 5.93. The molecule has 0 aliphatic carbocycles. The molecule has 0 unspecified atom stereocenters. The number of rotatable bonds is 2. The molecule has 23 heavy (non-hydrogen) atoms. The smallest absolute Gasteiger partial charge is 0.258 e. The Bertz CT molecular complexity index is 860. The molecule has 0 bridgehead atoms. The maximum Gasteiger partial charge on any atom is 0.258 e. The fourth-order valence-electron chi connectivity index (χ4n) is 3.36. The van der Waals surface area contributed by atoms with E-state index in [0.29, 0.717) is 38.4 Å². The van der Waals surface area contributed by atoms with Crippen LogP contribution in [0, 0.1) is 0 Å². The minimum absolute atomic E-state index is 0.0199. The monoisotopic (exact) mass is 310 g/mol. The van der Waals surface area contributed by atoms with Crippen molar-refractivity contribution in [3.8, 4) is 0 Å². The highest BCUT2D eigenvalue weighted by atomic mass is 16.5. The van der Waals surface area contributed by atoms with Crippen molar-refractivity contribution in [2.45, 2.75) is 13.0 Å². The van der Waals surface area contributed by atoms with E-state index in [1.54, 1.807) is 11.0 Å². The van der Waals surface area contributed by atoms with Gasteiger partial charge in [-0.15, -0.1) is 0 Å². The van der Waals surface area contributed by atoms with Crippen LogP contribution < -0.4 is 5.56 Å². The maximum atomic E-state index is 12.6. The zero-order valence-electron chi connectivity index (χ0n) is 12.8. The van der Waals surface area contributed by atoms with Gasteiger partial charge in [0.25, 0.3) is 5.56 Å². The van der Waals surface area contributed by atoms with E-state index in [4.69, 9.17) is 4.74 Å². The zero-order valence-corrected chi connectivity index (χ0v) is 12.8. The van der Waals surface area contributed by atoms with E-state index in [-0.39, 0.29) is 11.5 Å². The molecule has 118 valence electrons. The van der Waals surface area contributed by atoms with Crippen LogP contribution in [0.4, 0.5) is 0 Å². The highest BCUT2D eigenvalue weighted by molar-refractivity contribution is 5.93. The van der Waals surface area contributed by atoms with Gasteiger partial charge < -0.3 is 14.2 Å². The van der Waals surface area contributed by atoms with Gasteiger partial charge in [0.15, 0.2) is 0 Å². The van der Waals surface area contributed by atoms with Crippen molar-refractivity contribution in [1.29, 1.82) is 0 Å². The number of aryl methyl sites for hydroxylation is 2. The van der Waals surface area contributed by atoms with Crippen LogP contribution in [-0.2, 0) is 22.5 Å². The van der Waals surface area contributed by atoms with Crippen LogP contribution in [0.2, 0.25) is 0 Å². The van der Waals surface area contributed by atoms with Crippen LogP contribution >= 0.6 is 0 Å². The normalized spacial score (nSPS) is 17.3. The van der Waals surface area contributed by atoms with Crippen molar-refractivity contribution in [3.05, 3.63) is 51.8 Å². The molecule has 0 atom stereocenters. The van der Waals surface area contributed by atoms with Crippen LogP contribution in [0.3, 0.4) is 0 Å². The number of morpholine rings is 1. The molecule has 2 aliphatic rings. The molecular weight excluding hydrogens is 292 g/mol. The van der Waals surface area contributed by atoms with E-state index in [2.05, 4.69) is 6.07 Å². The number of carbonyl (C=O) groups is 1. The molecule has 4 rings (SSSR count). The molecule has 0 radical (unpaired) electrons. The average molecular weight is 310 g/mol. The number of nitrogens with zero attached hydrogens (tertiary/aromatic N) is 2. The van der Waals surface area contributed by atoms with Gasteiger partial charge in [0, 0.05) is 31.3 Å². The first-order valence-electron chi connectivity index (χ1n) is 7.94. The summed E-state index contributed by atoms with van der Waals surface area (Å²) >= 11 is 0. The predicted octanol–water partition coefficient (Wildman–Crippen LogP) is 1.43. The summed E-state index contributed by atoms with van der Waals surface area (Å²) in [5.74, 6) is -0.0667. The Morgan fingerprint density at radius 2 is 2.00 bits per heavy atom. The van der Waals surface area contributed by atoms with E-state index < -0.39 is 0 Å². The second kappa shape index (κ2) is 5.66. The largest absolute Gasteiger partial charge is 0.378 e. The van der Waals surface area contributed by atoms with Gasteiger partial charge in [-0.2, -0.15) is 0 Å². The Kier molecular flexibility index (Phi) is 3.50. The lowest BCUT2D eigenvalue weighted by atomic mass is 10.1. The van der Waals surface area contributed by atoms with Crippen molar-refractivity contribution in [1.82, 2.24) is 9.47 Å². The molecule has 1 fully saturated rings. The Morgan fingerprint density at radius 1 is 1.17 bits per heavy atom. The molecule has 0 spiro atoms. The maximum absolute atomic E-state index is 12.6. The lowest BCUT2D eigenvalue weighted by molar-refractivity contribution is -0.129. The van der Waals surface area contributed by atoms with Gasteiger partial charge in [-0.1, -0.05) is 18.2 Å². The number of hydrogen-bond acceptors (Lipinski definition) is 3. The van der Waals surface area contributed by atoms with Crippen LogP contribution in [0.25, 0.3) is 17.0 Å². The van der Waals surface area contributed by atoms with Crippen LogP contribution in [-0.4, -0.2) is 41.7 Å². The van der Waals surface area contributed by atoms with Crippen LogP contribution in [0.15, 0.2) is 35.1 Å². The highest BCUT2D eigenvalue weighted by Gasteiger charge is 2.17. The molecule has 0 saturated carbocycles. The summed E-state index contributed by atoms with van der Waals surface area (Å²) < 4.78 is 7.07. The number of para-hydroxylation sites is 1. The molecule has 2 aromatic rings. The van der Waals surface area contributed by atoms with Crippen molar-refractivity contribution < 1.29 is 9.53 Å². The Hall–Kier alpha value is -2.40. The molecule has 1 aromatic carbocycles. The van der Waals surface area contributed by atoms with Crippen molar-refractivity contribution in [2.75, 3.05) is 26.3 Å². The number of pyridine rings is 1. The SMILES string of the molecule is O=C(/C=C/c1cc2cccc3c2n(c1=O)CC3)N1CCOCC1. The Balaban J connectivity index is 1.68. The third-order valence-electron chi connectivity index (χ3n) is 4.56. The van der Waals surface area contributed by atoms with Gasteiger partial charge in [0.1, 0.15) is 0 Å². The second-order valence-corrected chi connectivity index (χ2v) is 5.93. The summed E-state index contributed by atoms with van der Waals surface area (Å²) in [5.41, 5.74) is 2.81. The Labute approximate surface area is 133 Å². The topological polar surface area (TPSA) is 51.5 Å². The molecule has 1 amide bonds. The quantitative estimate of drug-likeness (QED) is 0.789. The molecular formula is C18H18N2O3. The Morgan fingerprint density at radius 3 is 2.83 bits per heavy atom. The van der Waals surface area contributed by atoms with E-state index in [0.717, 1.165) is 17.3 Å². The minimum atomic E-state index is -0.0667. The summed E-state index contributed by atoms with van der Waals surface area (Å²) in [6, 6.07) is 7.99. The lowest BCUT2D eigenvalue weighted by Crippen LogP contribution is -2.39. The fraction of sp³-hybridized carbons (Fsp3) is 0.333. The average Bonchev–Trinajstić information content (AvgIpc) is 3.03. The number of amides is 1. The first kappa shape index (κ1) is 14.2. The first-order chi connectivity index (χ1) is 11.2. The van der Waals surface area contributed by atoms with Crippen molar-refractivity contribution in [3.63, 3.8) is 0 Å². The van der Waals surface area contributed by atoms with Gasteiger partial charge in [0.05, 0.1) is 18.7 Å². The van der Waals surface area contributed by atoms with Crippen LogP contribution in [0.5, 0.6) is 0 Å². The van der Waals surface area contributed by atoms with Crippen LogP contribution in [0.1, 0.15) is 11.1 Å². The van der Waals surface area contributed by atoms with Crippen molar-refractivity contribution in [2.24, 2.45) is 0 Å². The number of benzene rings is 1. The third kappa shape index (κ3) is 2.47. The highest BCUT2D eigenvalue weighted by Crippen LogP contribution is 2.24. The van der Waals surface area contributed by atoms with E-state index in [1.807, 2.05) is 22.8 Å². The fourth-order valence-corrected chi connectivity index (χ4v) is 3.36. The van der Waals surface area contributed by atoms with Gasteiger partial charge >= 0.3 is 0 Å². The van der Waals surface area contributed by atoms with E-state index in [1.165, 1.54) is 11.6 Å². The summed E-state index contributed by atoms with van der Waals surface area (Å²) in [4.78, 5) is 26.5. The van der Waals surface area contributed by atoms with E-state index in [9.17, 15) is 9.59 Å². The summed E-state index contributed by atoms with van der Waals surface area (Å²) in [6.45, 7) is 3.08. The zero-order chi connectivity index (χ0) is 15.8. The molecule has 5 nitrogen and oxygen atoms in total. The molecule has 1 saturated heterocycles. The molecule has 1 aromatic heterocycles. The van der Waals surface area contributed by atoms with Crippen molar-refractivity contribution >= 4 is 22.9 Å². The van der Waals surface area contributed by atoms with Gasteiger partial charge in [0.2, 0.25) is 5.91 Å². The number of ether oxygens (including phenoxy) is 1. The van der Waals surface area contributed by atoms with E-state index >= 15 is 0 Å². The minimum Gasteiger partial charge on any atom is -0.378 e. The number of carbonyl (C=O) groups excluding carboxylic acids is 1. The summed E-state index contributed by atoms with van der Waals surface area (Å²) in [7, 11) is 0. The first-order valence-corrected chi connectivity index (χ1v) is 7.94. The molecule has 2 aliphatic heterocycles. The number of aromatic nitrogens is 1. The lowest BCUT2D eigenvalue weighted by Gasteiger charge is -2.25. The molecule has 5 heteroatoms. The van der Waals surface area contributed by atoms with Gasteiger partial charge in [-0.05, 0) is 29.5 Å². The molecule has 3 heterocycles. The predicted molar refractivity (Wildman–Crippen MR) is 88.3 cm³/mol. The van der Waals surface area contributed by atoms with Gasteiger partial charge in [-0.3, -0.25) is 9.59 Å². The third-order valence-corrected chi connectivity index (χ3v) is 4.56. The standard InChI is InChI=1S/C18H18N2O3/c21-16(19-8-10-23-11-9-19)5-4-15-12-14-3-1-2-13-6-7-20(17(13)14)18(15)22/h1-5,12H,6-11H2/b5-4+.